The molecule has 5 nitrogen and oxygen atoms in total. The van der Waals surface area contributed by atoms with Crippen LogP contribution in [-0.4, -0.2) is 18.9 Å². The average Bonchev–Trinajstić information content (AvgIpc) is 2.51. The summed E-state index contributed by atoms with van der Waals surface area (Å²) in [6.45, 7) is 3.34. The van der Waals surface area contributed by atoms with Crippen LogP contribution in [0.4, 0.5) is 11.4 Å². The van der Waals surface area contributed by atoms with Crippen LogP contribution in [0.2, 0.25) is 0 Å². The van der Waals surface area contributed by atoms with Crippen LogP contribution in [0.3, 0.4) is 0 Å². The molecular weight excluding hydrogens is 292 g/mol. The Morgan fingerprint density at radius 3 is 2.30 bits per heavy atom. The third-order valence-electron chi connectivity index (χ3n) is 3.32. The molecule has 2 aromatic rings. The second-order valence-corrected chi connectivity index (χ2v) is 5.25. The van der Waals surface area contributed by atoms with E-state index in [1.54, 1.807) is 12.1 Å². The Labute approximate surface area is 135 Å². The zero-order valence-electron chi connectivity index (χ0n) is 13.4. The highest BCUT2D eigenvalue weighted by atomic mass is 16.5. The molecule has 2 aromatic carbocycles. The van der Waals surface area contributed by atoms with Gasteiger partial charge >= 0.3 is 0 Å². The molecule has 0 saturated carbocycles. The monoisotopic (exact) mass is 312 g/mol. The average molecular weight is 312 g/mol. The fourth-order valence-electron chi connectivity index (χ4n) is 2.28. The minimum absolute atomic E-state index is 0.198. The molecule has 0 spiro atoms. The van der Waals surface area contributed by atoms with Crippen molar-refractivity contribution in [2.24, 2.45) is 0 Å². The van der Waals surface area contributed by atoms with Gasteiger partial charge in [-0.25, -0.2) is 0 Å². The number of hydrogen-bond donors (Lipinski definition) is 2. The van der Waals surface area contributed by atoms with Crippen molar-refractivity contribution >= 4 is 23.2 Å². The van der Waals surface area contributed by atoms with Crippen molar-refractivity contribution in [3.8, 4) is 0 Å². The maximum Gasteiger partial charge on any atom is 0.258 e. The minimum atomic E-state index is -0.720. The smallest absolute Gasteiger partial charge is 0.258 e. The number of ether oxygens (including phenoxy) is 1. The second-order valence-electron chi connectivity index (χ2n) is 5.25. The van der Waals surface area contributed by atoms with Crippen molar-refractivity contribution in [2.45, 2.75) is 20.0 Å². The number of aryl methyl sites for hydroxylation is 1. The first-order chi connectivity index (χ1) is 11.0. The molecule has 2 rings (SSSR count). The fraction of sp³-hybridized carbons (Fsp3) is 0.222. The lowest BCUT2D eigenvalue weighted by Crippen LogP contribution is -2.23. The lowest BCUT2D eigenvalue weighted by Gasteiger charge is -2.18. The van der Waals surface area contributed by atoms with Gasteiger partial charge in [0.05, 0.1) is 11.4 Å². The molecule has 0 saturated heterocycles. The SMILES string of the molecule is CO[C@@H](C(=O)Nc1cc(C)ccc1NC(C)=O)c1ccccc1. The van der Waals surface area contributed by atoms with Crippen LogP contribution in [0.1, 0.15) is 24.2 Å². The topological polar surface area (TPSA) is 67.4 Å². The van der Waals surface area contributed by atoms with Gasteiger partial charge < -0.3 is 15.4 Å². The summed E-state index contributed by atoms with van der Waals surface area (Å²) in [6, 6.07) is 14.7. The van der Waals surface area contributed by atoms with Gasteiger partial charge in [-0.2, -0.15) is 0 Å². The first-order valence-corrected chi connectivity index (χ1v) is 7.28. The van der Waals surface area contributed by atoms with E-state index in [0.717, 1.165) is 11.1 Å². The van der Waals surface area contributed by atoms with Crippen molar-refractivity contribution in [3.05, 3.63) is 59.7 Å². The number of benzene rings is 2. The van der Waals surface area contributed by atoms with Gasteiger partial charge in [0.25, 0.3) is 5.91 Å². The molecular formula is C18H20N2O3. The Morgan fingerprint density at radius 2 is 1.70 bits per heavy atom. The Balaban J connectivity index is 2.25. The van der Waals surface area contributed by atoms with Crippen molar-refractivity contribution < 1.29 is 14.3 Å². The molecule has 1 atom stereocenters. The highest BCUT2D eigenvalue weighted by Crippen LogP contribution is 2.25. The minimum Gasteiger partial charge on any atom is -0.367 e. The van der Waals surface area contributed by atoms with Crippen LogP contribution in [-0.2, 0) is 14.3 Å². The number of rotatable bonds is 5. The van der Waals surface area contributed by atoms with Crippen molar-refractivity contribution in [1.82, 2.24) is 0 Å². The molecule has 120 valence electrons. The highest BCUT2D eigenvalue weighted by Gasteiger charge is 2.21. The summed E-state index contributed by atoms with van der Waals surface area (Å²) < 4.78 is 5.32. The molecule has 23 heavy (non-hydrogen) atoms. The molecule has 2 amide bonds. The lowest BCUT2D eigenvalue weighted by atomic mass is 10.1. The number of methoxy groups -OCH3 is 1. The van der Waals surface area contributed by atoms with Gasteiger partial charge in [0.2, 0.25) is 5.91 Å². The standard InChI is InChI=1S/C18H20N2O3/c1-12-9-10-15(19-13(2)21)16(11-12)20-18(22)17(23-3)14-7-5-4-6-8-14/h4-11,17H,1-3H3,(H,19,21)(H,20,22)/t17-/m1/s1. The van der Waals surface area contributed by atoms with E-state index in [2.05, 4.69) is 10.6 Å². The molecule has 0 unspecified atom stereocenters. The molecule has 0 radical (unpaired) electrons. The summed E-state index contributed by atoms with van der Waals surface area (Å²) >= 11 is 0. The molecule has 5 heteroatoms. The van der Waals surface area contributed by atoms with Gasteiger partial charge in [0, 0.05) is 14.0 Å². The molecule has 0 bridgehead atoms. The lowest BCUT2D eigenvalue weighted by molar-refractivity contribution is -0.126. The summed E-state index contributed by atoms with van der Waals surface area (Å²) in [7, 11) is 1.49. The number of carbonyl (C=O) groups excluding carboxylic acids is 2. The van der Waals surface area contributed by atoms with E-state index < -0.39 is 6.10 Å². The van der Waals surface area contributed by atoms with Gasteiger partial charge in [0.15, 0.2) is 6.10 Å². The number of carbonyl (C=O) groups is 2. The third kappa shape index (κ3) is 4.40. The third-order valence-corrected chi connectivity index (χ3v) is 3.32. The Morgan fingerprint density at radius 1 is 1.00 bits per heavy atom. The van der Waals surface area contributed by atoms with E-state index in [1.165, 1.54) is 14.0 Å². The predicted octanol–water partition coefficient (Wildman–Crippen LogP) is 3.28. The Hall–Kier alpha value is -2.66. The van der Waals surface area contributed by atoms with Crippen LogP contribution in [0, 0.1) is 6.92 Å². The number of anilines is 2. The second kappa shape index (κ2) is 7.56. The van der Waals surface area contributed by atoms with Crippen molar-refractivity contribution in [3.63, 3.8) is 0 Å². The normalized spacial score (nSPS) is 11.6. The maximum absolute atomic E-state index is 12.5. The quantitative estimate of drug-likeness (QED) is 0.890. The molecule has 0 aliphatic carbocycles. The molecule has 0 aromatic heterocycles. The van der Waals surface area contributed by atoms with Crippen LogP contribution >= 0.6 is 0 Å². The Kier molecular flexibility index (Phi) is 5.49. The summed E-state index contributed by atoms with van der Waals surface area (Å²) in [5.74, 6) is -0.494. The summed E-state index contributed by atoms with van der Waals surface area (Å²) in [6.07, 6.45) is -0.720. The van der Waals surface area contributed by atoms with Crippen LogP contribution in [0.25, 0.3) is 0 Å². The number of nitrogens with one attached hydrogen (secondary N) is 2. The molecule has 0 fully saturated rings. The molecule has 0 aliphatic heterocycles. The van der Waals surface area contributed by atoms with E-state index in [0.29, 0.717) is 11.4 Å². The van der Waals surface area contributed by atoms with Crippen LogP contribution in [0.5, 0.6) is 0 Å². The van der Waals surface area contributed by atoms with E-state index in [4.69, 9.17) is 4.74 Å². The molecule has 2 N–H and O–H groups in total. The number of hydrogen-bond acceptors (Lipinski definition) is 3. The van der Waals surface area contributed by atoms with Crippen molar-refractivity contribution in [2.75, 3.05) is 17.7 Å². The summed E-state index contributed by atoms with van der Waals surface area (Å²) in [5, 5.41) is 5.54. The molecule has 0 heterocycles. The highest BCUT2D eigenvalue weighted by molar-refractivity contribution is 6.00. The predicted molar refractivity (Wildman–Crippen MR) is 90.3 cm³/mol. The van der Waals surface area contributed by atoms with Gasteiger partial charge in [0.1, 0.15) is 0 Å². The van der Waals surface area contributed by atoms with Crippen molar-refractivity contribution in [1.29, 1.82) is 0 Å². The van der Waals surface area contributed by atoms with Crippen LogP contribution in [0.15, 0.2) is 48.5 Å². The van der Waals surface area contributed by atoms with Crippen LogP contribution < -0.4 is 10.6 Å². The van der Waals surface area contributed by atoms with E-state index in [-0.39, 0.29) is 11.8 Å². The van der Waals surface area contributed by atoms with E-state index in [9.17, 15) is 9.59 Å². The van der Waals surface area contributed by atoms with Gasteiger partial charge in [-0.15, -0.1) is 0 Å². The number of amides is 2. The largest absolute Gasteiger partial charge is 0.367 e. The first-order valence-electron chi connectivity index (χ1n) is 7.28. The zero-order valence-corrected chi connectivity index (χ0v) is 13.4. The fourth-order valence-corrected chi connectivity index (χ4v) is 2.28. The van der Waals surface area contributed by atoms with Gasteiger partial charge in [-0.1, -0.05) is 36.4 Å². The summed E-state index contributed by atoms with van der Waals surface area (Å²) in [5.41, 5.74) is 2.84. The zero-order chi connectivity index (χ0) is 16.8. The maximum atomic E-state index is 12.5. The van der Waals surface area contributed by atoms with Gasteiger partial charge in [-0.3, -0.25) is 9.59 Å². The first kappa shape index (κ1) is 16.7. The van der Waals surface area contributed by atoms with E-state index in [1.807, 2.05) is 43.3 Å². The Bertz CT molecular complexity index is 699. The van der Waals surface area contributed by atoms with Gasteiger partial charge in [-0.05, 0) is 30.2 Å². The molecule has 0 aliphatic rings. The summed E-state index contributed by atoms with van der Waals surface area (Å²) in [4.78, 5) is 23.8. The van der Waals surface area contributed by atoms with E-state index >= 15 is 0 Å².